The third kappa shape index (κ3) is 2.71. The summed E-state index contributed by atoms with van der Waals surface area (Å²) in [5, 5.41) is 23.4. The number of rotatable bonds is 5. The molecule has 1 aromatic carbocycles. The Kier molecular flexibility index (Phi) is 4.06. The molecule has 0 radical (unpaired) electrons. The van der Waals surface area contributed by atoms with E-state index in [1.165, 1.54) is 12.8 Å². The Morgan fingerprint density at radius 3 is 2.88 bits per heavy atom. The Morgan fingerprint density at radius 1 is 1.29 bits per heavy atom. The van der Waals surface area contributed by atoms with Gasteiger partial charge in [-0.2, -0.15) is 10.2 Å². The Bertz CT molecular complexity index is 831. The molecule has 0 unspecified atom stereocenters. The van der Waals surface area contributed by atoms with E-state index in [2.05, 4.69) is 10.2 Å². The molecule has 0 aliphatic heterocycles. The number of hydrogen-bond acceptors (Lipinski definition) is 4. The maximum Gasteiger partial charge on any atom is 0.179 e. The minimum Gasteiger partial charge on any atom is -0.391 e. The Balaban J connectivity index is 1.79. The first-order valence-electron chi connectivity index (χ1n) is 8.82. The molecule has 2 N–H and O–H groups in total. The lowest BCUT2D eigenvalue weighted by Gasteiger charge is -2.09. The smallest absolute Gasteiger partial charge is 0.179 e. The second kappa shape index (κ2) is 6.36. The summed E-state index contributed by atoms with van der Waals surface area (Å²) in [4.78, 5) is 4.83. The molecule has 1 aliphatic rings. The minimum atomic E-state index is -0.424. The average Bonchev–Trinajstić information content (AvgIpc) is 3.33. The molecule has 6 heteroatoms. The summed E-state index contributed by atoms with van der Waals surface area (Å²) in [6, 6.07) is 8.03. The van der Waals surface area contributed by atoms with Gasteiger partial charge in [-0.3, -0.25) is 5.10 Å². The van der Waals surface area contributed by atoms with Gasteiger partial charge < -0.3 is 5.11 Å². The summed E-state index contributed by atoms with van der Waals surface area (Å²) in [7, 11) is 0. The Hall–Kier alpha value is -2.21. The van der Waals surface area contributed by atoms with Gasteiger partial charge in [0.1, 0.15) is 5.69 Å². The molecule has 1 aliphatic carbocycles. The van der Waals surface area contributed by atoms with Crippen LogP contribution in [-0.2, 0) is 6.54 Å². The molecule has 6 nitrogen and oxygen atoms in total. The SMILES string of the molecule is CC[C@H](O)Cn1nc(C2CCCC2)nc1-c1n[nH]c2ccccc12. The van der Waals surface area contributed by atoms with Crippen LogP contribution in [0.2, 0.25) is 0 Å². The molecule has 0 bridgehead atoms. The number of aromatic nitrogens is 5. The Morgan fingerprint density at radius 2 is 2.08 bits per heavy atom. The van der Waals surface area contributed by atoms with Crippen molar-refractivity contribution in [3.05, 3.63) is 30.1 Å². The number of nitrogens with zero attached hydrogens (tertiary/aromatic N) is 4. The van der Waals surface area contributed by atoms with Crippen LogP contribution in [0.4, 0.5) is 0 Å². The fourth-order valence-corrected chi connectivity index (χ4v) is 3.48. The summed E-state index contributed by atoms with van der Waals surface area (Å²) in [5.41, 5.74) is 1.80. The minimum absolute atomic E-state index is 0.424. The first-order valence-corrected chi connectivity index (χ1v) is 8.82. The lowest BCUT2D eigenvalue weighted by molar-refractivity contribution is 0.145. The summed E-state index contributed by atoms with van der Waals surface area (Å²) >= 11 is 0. The van der Waals surface area contributed by atoms with E-state index >= 15 is 0 Å². The van der Waals surface area contributed by atoms with E-state index < -0.39 is 6.10 Å². The van der Waals surface area contributed by atoms with E-state index in [4.69, 9.17) is 10.1 Å². The van der Waals surface area contributed by atoms with Crippen LogP contribution in [0.3, 0.4) is 0 Å². The number of para-hydroxylation sites is 1. The van der Waals surface area contributed by atoms with E-state index in [1.54, 1.807) is 0 Å². The topological polar surface area (TPSA) is 79.6 Å². The van der Waals surface area contributed by atoms with Crippen LogP contribution in [0.15, 0.2) is 24.3 Å². The van der Waals surface area contributed by atoms with Gasteiger partial charge in [0.2, 0.25) is 0 Å². The molecule has 4 rings (SSSR count). The number of benzene rings is 1. The molecule has 126 valence electrons. The second-order valence-electron chi connectivity index (χ2n) is 6.64. The second-order valence-corrected chi connectivity index (χ2v) is 6.64. The van der Waals surface area contributed by atoms with E-state index in [0.29, 0.717) is 18.9 Å². The zero-order chi connectivity index (χ0) is 16.5. The molecule has 0 saturated heterocycles. The van der Waals surface area contributed by atoms with Gasteiger partial charge in [-0.25, -0.2) is 9.67 Å². The number of hydrogen-bond donors (Lipinski definition) is 2. The summed E-state index contributed by atoms with van der Waals surface area (Å²) < 4.78 is 1.84. The predicted molar refractivity (Wildman–Crippen MR) is 92.6 cm³/mol. The van der Waals surface area contributed by atoms with Crippen LogP contribution >= 0.6 is 0 Å². The molecule has 2 heterocycles. The zero-order valence-corrected chi connectivity index (χ0v) is 13.9. The molecule has 0 amide bonds. The first-order chi connectivity index (χ1) is 11.8. The quantitative estimate of drug-likeness (QED) is 0.754. The Labute approximate surface area is 140 Å². The first kappa shape index (κ1) is 15.3. The van der Waals surface area contributed by atoms with Gasteiger partial charge in [0.25, 0.3) is 0 Å². The van der Waals surface area contributed by atoms with E-state index in [9.17, 15) is 5.11 Å². The molecule has 3 aromatic rings. The maximum atomic E-state index is 10.1. The molecular formula is C18H23N5O. The molecule has 0 spiro atoms. The summed E-state index contributed by atoms with van der Waals surface area (Å²) in [6.07, 6.45) is 5.07. The van der Waals surface area contributed by atoms with E-state index in [1.807, 2.05) is 35.9 Å². The highest BCUT2D eigenvalue weighted by Gasteiger charge is 2.25. The molecule has 1 atom stereocenters. The standard InChI is InChI=1S/C18H23N5O/c1-2-13(24)11-23-18(19-17(22-23)12-7-3-4-8-12)16-14-9-5-6-10-15(14)20-21-16/h5-6,9-10,12-13,24H,2-4,7-8,11H2,1H3,(H,20,21)/t13-/m0/s1. The van der Waals surface area contributed by atoms with Crippen LogP contribution in [0.5, 0.6) is 0 Å². The predicted octanol–water partition coefficient (Wildman–Crippen LogP) is 3.25. The number of nitrogens with one attached hydrogen (secondary N) is 1. The molecule has 2 aromatic heterocycles. The fraction of sp³-hybridized carbons (Fsp3) is 0.500. The van der Waals surface area contributed by atoms with E-state index in [0.717, 1.165) is 41.1 Å². The highest BCUT2D eigenvalue weighted by atomic mass is 16.3. The largest absolute Gasteiger partial charge is 0.391 e. The van der Waals surface area contributed by atoms with Crippen molar-refractivity contribution in [3.63, 3.8) is 0 Å². The van der Waals surface area contributed by atoms with Gasteiger partial charge >= 0.3 is 0 Å². The summed E-state index contributed by atoms with van der Waals surface area (Å²) in [5.74, 6) is 2.09. The third-order valence-electron chi connectivity index (χ3n) is 4.95. The third-order valence-corrected chi connectivity index (χ3v) is 4.95. The van der Waals surface area contributed by atoms with Crippen LogP contribution in [0.25, 0.3) is 22.4 Å². The van der Waals surface area contributed by atoms with Crippen molar-refractivity contribution in [1.82, 2.24) is 25.0 Å². The van der Waals surface area contributed by atoms with Crippen molar-refractivity contribution in [3.8, 4) is 11.5 Å². The summed E-state index contributed by atoms with van der Waals surface area (Å²) in [6.45, 7) is 2.43. The van der Waals surface area contributed by atoms with Crippen LogP contribution in [-0.4, -0.2) is 36.2 Å². The van der Waals surface area contributed by atoms with Gasteiger partial charge in [0.05, 0.1) is 18.2 Å². The number of H-pyrrole nitrogens is 1. The molecule has 24 heavy (non-hydrogen) atoms. The van der Waals surface area contributed by atoms with Gasteiger partial charge in [-0.05, 0) is 25.3 Å². The monoisotopic (exact) mass is 325 g/mol. The lowest BCUT2D eigenvalue weighted by atomic mass is 10.1. The van der Waals surface area contributed by atoms with Crippen LogP contribution in [0.1, 0.15) is 50.8 Å². The van der Waals surface area contributed by atoms with Crippen molar-refractivity contribution in [2.45, 2.75) is 57.6 Å². The number of aliphatic hydroxyl groups is 1. The van der Waals surface area contributed by atoms with Crippen molar-refractivity contribution in [2.24, 2.45) is 0 Å². The average molecular weight is 325 g/mol. The molecule has 1 saturated carbocycles. The highest BCUT2D eigenvalue weighted by molar-refractivity contribution is 5.91. The van der Waals surface area contributed by atoms with Crippen molar-refractivity contribution >= 4 is 10.9 Å². The number of aromatic amines is 1. The van der Waals surface area contributed by atoms with Gasteiger partial charge in [0.15, 0.2) is 11.6 Å². The fourth-order valence-electron chi connectivity index (χ4n) is 3.48. The van der Waals surface area contributed by atoms with Crippen molar-refractivity contribution in [2.75, 3.05) is 0 Å². The van der Waals surface area contributed by atoms with E-state index in [-0.39, 0.29) is 0 Å². The molecule has 1 fully saturated rings. The van der Waals surface area contributed by atoms with Crippen LogP contribution < -0.4 is 0 Å². The van der Waals surface area contributed by atoms with Gasteiger partial charge in [-0.1, -0.05) is 38.0 Å². The van der Waals surface area contributed by atoms with Crippen LogP contribution in [0, 0.1) is 0 Å². The molecular weight excluding hydrogens is 302 g/mol. The van der Waals surface area contributed by atoms with Gasteiger partial charge in [0, 0.05) is 11.3 Å². The number of aliphatic hydroxyl groups excluding tert-OH is 1. The lowest BCUT2D eigenvalue weighted by Crippen LogP contribution is -2.17. The highest BCUT2D eigenvalue weighted by Crippen LogP contribution is 2.34. The van der Waals surface area contributed by atoms with Crippen molar-refractivity contribution < 1.29 is 5.11 Å². The van der Waals surface area contributed by atoms with Crippen molar-refractivity contribution in [1.29, 1.82) is 0 Å². The zero-order valence-electron chi connectivity index (χ0n) is 13.9. The van der Waals surface area contributed by atoms with Gasteiger partial charge in [-0.15, -0.1) is 0 Å². The number of fused-ring (bicyclic) bond motifs is 1. The maximum absolute atomic E-state index is 10.1. The normalized spacial score (nSPS) is 16.9.